The van der Waals surface area contributed by atoms with E-state index < -0.39 is 27.9 Å². The molecule has 0 saturated carbocycles. The Kier molecular flexibility index (Phi) is 5.81. The Bertz CT molecular complexity index is 624. The molecule has 1 unspecified atom stereocenters. The fourth-order valence-electron chi connectivity index (χ4n) is 1.41. The van der Waals surface area contributed by atoms with Gasteiger partial charge >= 0.3 is 5.97 Å². The van der Waals surface area contributed by atoms with Crippen molar-refractivity contribution in [3.8, 4) is 0 Å². The second-order valence-corrected chi connectivity index (χ2v) is 7.25. The Morgan fingerprint density at radius 3 is 2.48 bits per heavy atom. The van der Waals surface area contributed by atoms with Gasteiger partial charge in [-0.05, 0) is 20.8 Å². The predicted molar refractivity (Wildman–Crippen MR) is 76.5 cm³/mol. The summed E-state index contributed by atoms with van der Waals surface area (Å²) in [5.41, 5.74) is 0.922. The average Bonchev–Trinajstić information content (AvgIpc) is 2.86. The van der Waals surface area contributed by atoms with Crippen LogP contribution in [0.5, 0.6) is 0 Å². The van der Waals surface area contributed by atoms with Crippen LogP contribution in [0.25, 0.3) is 0 Å². The summed E-state index contributed by atoms with van der Waals surface area (Å²) >= 11 is 0.774. The monoisotopic (exact) mass is 335 g/mol. The Morgan fingerprint density at radius 1 is 1.33 bits per heavy atom. The number of esters is 1. The topological polar surface area (TPSA) is 114 Å². The minimum Gasteiger partial charge on any atom is -0.464 e. The normalized spacial score (nSPS) is 13.0. The number of nitrogens with zero attached hydrogens (tertiary/aromatic N) is 1. The van der Waals surface area contributed by atoms with Crippen molar-refractivity contribution in [3.05, 3.63) is 11.2 Å². The first-order chi connectivity index (χ1) is 9.69. The van der Waals surface area contributed by atoms with Crippen molar-refractivity contribution < 1.29 is 22.7 Å². The summed E-state index contributed by atoms with van der Waals surface area (Å²) in [6, 6.07) is -1.09. The molecule has 0 saturated heterocycles. The molecule has 21 heavy (non-hydrogen) atoms. The molecule has 10 heteroatoms. The average molecular weight is 335 g/mol. The summed E-state index contributed by atoms with van der Waals surface area (Å²) < 4.78 is 30.8. The first-order valence-corrected chi connectivity index (χ1v) is 8.39. The lowest BCUT2D eigenvalue weighted by atomic mass is 10.3. The zero-order chi connectivity index (χ0) is 16.2. The van der Waals surface area contributed by atoms with Gasteiger partial charge < -0.3 is 10.1 Å². The van der Waals surface area contributed by atoms with Crippen LogP contribution in [-0.4, -0.2) is 44.5 Å². The number of carbonyl (C=O) groups excluding carboxylic acids is 2. The van der Waals surface area contributed by atoms with E-state index in [0.717, 1.165) is 18.4 Å². The molecule has 0 fully saturated rings. The second kappa shape index (κ2) is 6.96. The molecule has 1 aromatic heterocycles. The van der Waals surface area contributed by atoms with E-state index in [9.17, 15) is 18.0 Å². The highest BCUT2D eigenvalue weighted by Crippen LogP contribution is 2.20. The third-order valence-corrected chi connectivity index (χ3v) is 5.22. The quantitative estimate of drug-likeness (QED) is 0.714. The Labute approximate surface area is 127 Å². The molecule has 1 amide bonds. The summed E-state index contributed by atoms with van der Waals surface area (Å²) in [6.07, 6.45) is 0. The molecule has 1 rings (SSSR count). The van der Waals surface area contributed by atoms with Gasteiger partial charge in [0.2, 0.25) is 5.91 Å². The lowest BCUT2D eigenvalue weighted by Crippen LogP contribution is -2.46. The standard InChI is InChI=1S/C11H17N3O5S2/c1-6(2)13-9(15)7(3)14-21(17,18)11-8(10(16)19-4)12-5-20-11/h5-7,14H,1-4H3,(H,13,15). The number of nitrogens with one attached hydrogen (secondary N) is 2. The van der Waals surface area contributed by atoms with Crippen molar-refractivity contribution in [2.75, 3.05) is 7.11 Å². The molecule has 0 spiro atoms. The van der Waals surface area contributed by atoms with Crippen molar-refractivity contribution in [2.45, 2.75) is 37.1 Å². The first-order valence-electron chi connectivity index (χ1n) is 6.03. The smallest absolute Gasteiger partial charge is 0.358 e. The SMILES string of the molecule is COC(=O)c1ncsc1S(=O)(=O)NC(C)C(=O)NC(C)C. The number of aromatic nitrogens is 1. The van der Waals surface area contributed by atoms with E-state index in [1.165, 1.54) is 12.4 Å². The van der Waals surface area contributed by atoms with Crippen LogP contribution in [-0.2, 0) is 19.6 Å². The number of methoxy groups -OCH3 is 1. The largest absolute Gasteiger partial charge is 0.464 e. The summed E-state index contributed by atoms with van der Waals surface area (Å²) in [7, 11) is -2.91. The van der Waals surface area contributed by atoms with Crippen molar-refractivity contribution in [3.63, 3.8) is 0 Å². The van der Waals surface area contributed by atoms with Crippen LogP contribution in [0, 0.1) is 0 Å². The van der Waals surface area contributed by atoms with Gasteiger partial charge in [0.25, 0.3) is 10.0 Å². The van der Waals surface area contributed by atoms with Crippen molar-refractivity contribution in [1.29, 1.82) is 0 Å². The van der Waals surface area contributed by atoms with Crippen LogP contribution < -0.4 is 10.0 Å². The number of hydrogen-bond acceptors (Lipinski definition) is 7. The zero-order valence-electron chi connectivity index (χ0n) is 12.0. The zero-order valence-corrected chi connectivity index (χ0v) is 13.7. The molecular formula is C11H17N3O5S2. The summed E-state index contributed by atoms with van der Waals surface area (Å²) in [5.74, 6) is -1.31. The van der Waals surface area contributed by atoms with Crippen LogP contribution in [0.2, 0.25) is 0 Å². The minimum absolute atomic E-state index is 0.113. The van der Waals surface area contributed by atoms with Gasteiger partial charge in [-0.25, -0.2) is 18.2 Å². The molecule has 0 aliphatic carbocycles. The van der Waals surface area contributed by atoms with E-state index >= 15 is 0 Å². The van der Waals surface area contributed by atoms with E-state index in [-0.39, 0.29) is 15.9 Å². The molecule has 2 N–H and O–H groups in total. The van der Waals surface area contributed by atoms with Gasteiger partial charge in [0.05, 0.1) is 18.7 Å². The van der Waals surface area contributed by atoms with Crippen LogP contribution in [0.15, 0.2) is 9.72 Å². The third kappa shape index (κ3) is 4.48. The second-order valence-electron chi connectivity index (χ2n) is 4.49. The third-order valence-electron chi connectivity index (χ3n) is 2.31. The number of carbonyl (C=O) groups is 2. The number of hydrogen-bond donors (Lipinski definition) is 2. The number of thiazole rings is 1. The predicted octanol–water partition coefficient (Wildman–Crippen LogP) is 0.121. The number of sulfonamides is 1. The van der Waals surface area contributed by atoms with Crippen LogP contribution >= 0.6 is 11.3 Å². The highest BCUT2D eigenvalue weighted by Gasteiger charge is 2.29. The number of amides is 1. The van der Waals surface area contributed by atoms with Gasteiger partial charge in [-0.15, -0.1) is 11.3 Å². The van der Waals surface area contributed by atoms with Crippen molar-refractivity contribution in [2.24, 2.45) is 0 Å². The van der Waals surface area contributed by atoms with Gasteiger partial charge in [0.15, 0.2) is 9.90 Å². The fourth-order valence-corrected chi connectivity index (χ4v) is 3.76. The highest BCUT2D eigenvalue weighted by atomic mass is 32.2. The molecule has 0 bridgehead atoms. The number of ether oxygens (including phenoxy) is 1. The fraction of sp³-hybridized carbons (Fsp3) is 0.545. The molecule has 1 aromatic rings. The van der Waals surface area contributed by atoms with Gasteiger partial charge in [-0.2, -0.15) is 4.72 Å². The molecule has 118 valence electrons. The molecule has 0 radical (unpaired) electrons. The first kappa shape index (κ1) is 17.5. The van der Waals surface area contributed by atoms with Gasteiger partial charge in [0.1, 0.15) is 0 Å². The maximum Gasteiger partial charge on any atom is 0.358 e. The van der Waals surface area contributed by atoms with E-state index in [0.29, 0.717) is 0 Å². The lowest BCUT2D eigenvalue weighted by molar-refractivity contribution is -0.122. The minimum atomic E-state index is -4.04. The molecule has 0 aromatic carbocycles. The lowest BCUT2D eigenvalue weighted by Gasteiger charge is -2.15. The summed E-state index contributed by atoms with van der Waals surface area (Å²) in [4.78, 5) is 26.9. The molecule has 1 heterocycles. The van der Waals surface area contributed by atoms with E-state index in [4.69, 9.17) is 0 Å². The Morgan fingerprint density at radius 2 is 1.95 bits per heavy atom. The molecular weight excluding hydrogens is 318 g/mol. The van der Waals surface area contributed by atoms with E-state index in [1.807, 2.05) is 0 Å². The summed E-state index contributed by atoms with van der Waals surface area (Å²) in [5, 5.41) is 2.59. The van der Waals surface area contributed by atoms with Crippen molar-refractivity contribution in [1.82, 2.24) is 15.0 Å². The Hall–Kier alpha value is -1.52. The molecule has 1 atom stereocenters. The molecule has 0 aliphatic heterocycles. The van der Waals surface area contributed by atoms with E-state index in [1.54, 1.807) is 13.8 Å². The van der Waals surface area contributed by atoms with Crippen molar-refractivity contribution >= 4 is 33.2 Å². The van der Waals surface area contributed by atoms with Gasteiger partial charge in [-0.1, -0.05) is 0 Å². The molecule has 8 nitrogen and oxygen atoms in total. The maximum atomic E-state index is 12.2. The van der Waals surface area contributed by atoms with Crippen LogP contribution in [0.3, 0.4) is 0 Å². The van der Waals surface area contributed by atoms with Gasteiger partial charge in [-0.3, -0.25) is 4.79 Å². The molecule has 0 aliphatic rings. The van der Waals surface area contributed by atoms with Gasteiger partial charge in [0, 0.05) is 6.04 Å². The summed E-state index contributed by atoms with van der Waals surface area (Å²) in [6.45, 7) is 4.93. The Balaban J connectivity index is 2.95. The van der Waals surface area contributed by atoms with Crippen LogP contribution in [0.4, 0.5) is 0 Å². The maximum absolute atomic E-state index is 12.2. The number of rotatable bonds is 6. The highest BCUT2D eigenvalue weighted by molar-refractivity contribution is 7.91. The van der Waals surface area contributed by atoms with Crippen LogP contribution in [0.1, 0.15) is 31.3 Å². The van der Waals surface area contributed by atoms with E-state index in [2.05, 4.69) is 19.8 Å².